The van der Waals surface area contributed by atoms with Gasteiger partial charge in [-0.3, -0.25) is 14.9 Å². The Morgan fingerprint density at radius 3 is 2.50 bits per heavy atom. The summed E-state index contributed by atoms with van der Waals surface area (Å²) in [6, 6.07) is 10.1. The summed E-state index contributed by atoms with van der Waals surface area (Å²) in [6.07, 6.45) is -6.03. The third kappa shape index (κ3) is 4.70. The van der Waals surface area contributed by atoms with Crippen molar-refractivity contribution in [1.29, 1.82) is 0 Å². The van der Waals surface area contributed by atoms with Crippen molar-refractivity contribution in [3.8, 4) is 0 Å². The number of alkyl halides is 3. The van der Waals surface area contributed by atoms with E-state index in [-0.39, 0.29) is 35.8 Å². The van der Waals surface area contributed by atoms with Crippen molar-refractivity contribution >= 4 is 38.2 Å². The van der Waals surface area contributed by atoms with Gasteiger partial charge in [-0.15, -0.1) is 0 Å². The number of carbonyl (C=O) groups is 1. The molecule has 2 unspecified atom stereocenters. The molecule has 200 valence electrons. The quantitative estimate of drug-likeness (QED) is 0.267. The summed E-state index contributed by atoms with van der Waals surface area (Å²) in [6.45, 7) is 0.497. The highest BCUT2D eigenvalue weighted by atomic mass is 32.1. The van der Waals surface area contributed by atoms with Gasteiger partial charge in [-0.2, -0.15) is 18.2 Å². The summed E-state index contributed by atoms with van der Waals surface area (Å²) < 4.78 is 56.8. The highest BCUT2D eigenvalue weighted by Gasteiger charge is 2.53. The Morgan fingerprint density at radius 1 is 1.21 bits per heavy atom. The van der Waals surface area contributed by atoms with Crippen molar-refractivity contribution in [3.05, 3.63) is 74.1 Å². The molecule has 0 aliphatic carbocycles. The number of methoxy groups -OCH3 is 1. The summed E-state index contributed by atoms with van der Waals surface area (Å²) in [7, 11) is 1.26. The number of non-ortho nitro benzene ring substituents is 1. The van der Waals surface area contributed by atoms with Gasteiger partial charge in [0.1, 0.15) is 10.8 Å². The molecule has 2 saturated heterocycles. The fourth-order valence-electron chi connectivity index (χ4n) is 4.64. The zero-order chi connectivity index (χ0) is 27.2. The van der Waals surface area contributed by atoms with Crippen LogP contribution in [-0.4, -0.2) is 48.0 Å². The van der Waals surface area contributed by atoms with Crippen molar-refractivity contribution in [1.82, 2.24) is 4.98 Å². The molecule has 38 heavy (non-hydrogen) atoms. The van der Waals surface area contributed by atoms with Gasteiger partial charge < -0.3 is 19.1 Å². The number of nitro groups is 1. The topological polar surface area (TPSA) is 121 Å². The van der Waals surface area contributed by atoms with Gasteiger partial charge in [-0.25, -0.2) is 4.79 Å². The number of carbonyl (C=O) groups excluding carboxylic acids is 1. The minimum Gasteiger partial charge on any atom is -0.467 e. The predicted molar refractivity (Wildman–Crippen MR) is 129 cm³/mol. The van der Waals surface area contributed by atoms with Crippen LogP contribution in [0.15, 0.2) is 47.3 Å². The van der Waals surface area contributed by atoms with E-state index in [0.717, 1.165) is 16.9 Å². The molecule has 3 heterocycles. The van der Waals surface area contributed by atoms with Crippen molar-refractivity contribution < 1.29 is 37.1 Å². The number of piperidine rings is 1. The van der Waals surface area contributed by atoms with Gasteiger partial charge in [0.15, 0.2) is 17.0 Å². The molecular weight excluding hydrogens is 531 g/mol. The first-order valence-electron chi connectivity index (χ1n) is 11.5. The predicted octanol–water partition coefficient (Wildman–Crippen LogP) is 4.21. The van der Waals surface area contributed by atoms with E-state index in [2.05, 4.69) is 4.98 Å². The molecule has 0 N–H and O–H groups in total. The summed E-state index contributed by atoms with van der Waals surface area (Å²) in [4.78, 5) is 41.3. The van der Waals surface area contributed by atoms with Gasteiger partial charge in [-0.05, 0) is 11.6 Å². The molecule has 0 amide bonds. The number of anilines is 1. The van der Waals surface area contributed by atoms with Crippen LogP contribution in [0.25, 0.3) is 10.1 Å². The zero-order valence-electron chi connectivity index (χ0n) is 19.8. The number of rotatable bonds is 4. The van der Waals surface area contributed by atoms with Crippen LogP contribution in [0.1, 0.15) is 30.1 Å². The van der Waals surface area contributed by atoms with Crippen LogP contribution in [0.4, 0.5) is 24.0 Å². The number of fused-ring (bicyclic) bond motifs is 1. The van der Waals surface area contributed by atoms with E-state index in [1.54, 1.807) is 4.90 Å². The summed E-state index contributed by atoms with van der Waals surface area (Å²) in [5.41, 5.74) is -2.36. The Bertz CT molecular complexity index is 1460. The lowest BCUT2D eigenvalue weighted by Crippen LogP contribution is -2.46. The Balaban J connectivity index is 1.42. The van der Waals surface area contributed by atoms with Crippen molar-refractivity contribution in [2.75, 3.05) is 25.1 Å². The second kappa shape index (κ2) is 9.60. The van der Waals surface area contributed by atoms with E-state index >= 15 is 0 Å². The maximum atomic E-state index is 13.2. The average molecular weight is 551 g/mol. The molecule has 5 rings (SSSR count). The minimum absolute atomic E-state index is 0.127. The number of ether oxygens (including phenoxy) is 3. The van der Waals surface area contributed by atoms with Gasteiger partial charge >= 0.3 is 12.1 Å². The summed E-state index contributed by atoms with van der Waals surface area (Å²) in [5.74, 6) is -1.70. The number of nitro benzene ring substituents is 1. The molecular formula is C24H20F3N3O7S. The van der Waals surface area contributed by atoms with Gasteiger partial charge in [0.05, 0.1) is 23.0 Å². The number of nitrogens with zero attached hydrogens (tertiary/aromatic N) is 3. The SMILES string of the molecule is COC(=O)C1OC2(CCN(c3nc(=O)c4cc(C(F)(F)F)cc([N+](=O)[O-])c4s3)CC2)OC1c1ccccc1. The first-order chi connectivity index (χ1) is 18.0. The molecule has 10 nitrogen and oxygen atoms in total. The molecule has 2 aliphatic rings. The average Bonchev–Trinajstić information content (AvgIpc) is 3.27. The largest absolute Gasteiger partial charge is 0.467 e. The third-order valence-electron chi connectivity index (χ3n) is 6.53. The third-order valence-corrected chi connectivity index (χ3v) is 7.70. The molecule has 2 atom stereocenters. The number of benzene rings is 2. The normalized spacial score (nSPS) is 21.1. The summed E-state index contributed by atoms with van der Waals surface area (Å²) >= 11 is 0.769. The maximum Gasteiger partial charge on any atom is 0.416 e. The van der Waals surface area contributed by atoms with E-state index in [1.165, 1.54) is 7.11 Å². The van der Waals surface area contributed by atoms with Gasteiger partial charge in [0.25, 0.3) is 11.2 Å². The van der Waals surface area contributed by atoms with Gasteiger partial charge in [-0.1, -0.05) is 41.7 Å². The molecule has 0 radical (unpaired) electrons. The number of hydrogen-bond acceptors (Lipinski definition) is 10. The Hall–Kier alpha value is -3.62. The van der Waals surface area contributed by atoms with Crippen LogP contribution >= 0.6 is 11.3 Å². The standard InChI is InChI=1S/C24H20F3N3O7S/c1-35-21(32)18-17(13-5-3-2-4-6-13)36-23(37-18)7-9-29(10-8-23)22-28-20(31)15-11-14(24(25,26)27)12-16(30(33)34)19(15)38-22/h2-6,11-12,17-18H,7-10H2,1H3. The molecule has 2 fully saturated rings. The Morgan fingerprint density at radius 2 is 1.89 bits per heavy atom. The Labute approximate surface area is 216 Å². The lowest BCUT2D eigenvalue weighted by Gasteiger charge is -2.38. The van der Waals surface area contributed by atoms with Crippen LogP contribution in [0.5, 0.6) is 0 Å². The van der Waals surface area contributed by atoms with Crippen molar-refractivity contribution in [2.24, 2.45) is 0 Å². The van der Waals surface area contributed by atoms with Gasteiger partial charge in [0, 0.05) is 32.0 Å². The van der Waals surface area contributed by atoms with E-state index in [4.69, 9.17) is 14.2 Å². The molecule has 2 aromatic carbocycles. The minimum atomic E-state index is -4.86. The molecule has 1 spiro atoms. The van der Waals surface area contributed by atoms with Crippen LogP contribution in [0, 0.1) is 10.1 Å². The number of hydrogen-bond donors (Lipinski definition) is 0. The molecule has 0 saturated carbocycles. The number of esters is 1. The second-order valence-electron chi connectivity index (χ2n) is 8.84. The highest BCUT2D eigenvalue weighted by Crippen LogP contribution is 2.45. The Kier molecular flexibility index (Phi) is 6.57. The first-order valence-corrected chi connectivity index (χ1v) is 12.3. The van der Waals surface area contributed by atoms with Crippen molar-refractivity contribution in [3.63, 3.8) is 0 Å². The molecule has 2 aliphatic heterocycles. The van der Waals surface area contributed by atoms with Crippen LogP contribution in [-0.2, 0) is 25.2 Å². The number of halogens is 3. The van der Waals surface area contributed by atoms with Crippen LogP contribution < -0.4 is 10.5 Å². The smallest absolute Gasteiger partial charge is 0.416 e. The zero-order valence-corrected chi connectivity index (χ0v) is 20.6. The fourth-order valence-corrected chi connectivity index (χ4v) is 5.75. The molecule has 3 aromatic rings. The lowest BCUT2D eigenvalue weighted by atomic mass is 10.0. The van der Waals surface area contributed by atoms with Crippen LogP contribution in [0.2, 0.25) is 0 Å². The second-order valence-corrected chi connectivity index (χ2v) is 9.81. The lowest BCUT2D eigenvalue weighted by molar-refractivity contribution is -0.383. The van der Waals surface area contributed by atoms with Gasteiger partial charge in [0.2, 0.25) is 0 Å². The van der Waals surface area contributed by atoms with E-state index < -0.39 is 57.3 Å². The fraction of sp³-hybridized carbons (Fsp3) is 0.375. The van der Waals surface area contributed by atoms with Crippen LogP contribution in [0.3, 0.4) is 0 Å². The molecule has 0 bridgehead atoms. The van der Waals surface area contributed by atoms with E-state index in [9.17, 15) is 32.9 Å². The van der Waals surface area contributed by atoms with E-state index in [0.29, 0.717) is 12.1 Å². The monoisotopic (exact) mass is 551 g/mol. The maximum absolute atomic E-state index is 13.2. The summed E-state index contributed by atoms with van der Waals surface area (Å²) in [5, 5.41) is 11.2. The van der Waals surface area contributed by atoms with E-state index in [1.807, 2.05) is 30.3 Å². The van der Waals surface area contributed by atoms with Crippen molar-refractivity contribution in [2.45, 2.75) is 37.0 Å². The molecule has 14 heteroatoms. The molecule has 1 aromatic heterocycles. The number of aromatic nitrogens is 1. The first kappa shape index (κ1) is 26.0. The highest BCUT2D eigenvalue weighted by molar-refractivity contribution is 7.22.